The highest BCUT2D eigenvalue weighted by molar-refractivity contribution is 6.02. The Bertz CT molecular complexity index is 1310. The van der Waals surface area contributed by atoms with E-state index >= 15 is 0 Å². The highest BCUT2D eigenvalue weighted by Crippen LogP contribution is 2.39. The number of hydrogen-bond acceptors (Lipinski definition) is 7. The summed E-state index contributed by atoms with van der Waals surface area (Å²) in [6.45, 7) is 1.83. The predicted octanol–water partition coefficient (Wildman–Crippen LogP) is 2.06. The molecule has 1 aromatic carbocycles. The van der Waals surface area contributed by atoms with Gasteiger partial charge < -0.3 is 19.2 Å². The van der Waals surface area contributed by atoms with Crippen LogP contribution in [0.2, 0.25) is 0 Å². The van der Waals surface area contributed by atoms with Gasteiger partial charge in [-0.15, -0.1) is 0 Å². The van der Waals surface area contributed by atoms with Crippen molar-refractivity contribution in [2.75, 3.05) is 7.11 Å². The van der Waals surface area contributed by atoms with Gasteiger partial charge in [-0.1, -0.05) is 30.3 Å². The van der Waals surface area contributed by atoms with E-state index in [2.05, 4.69) is 5.16 Å². The number of para-hydroxylation sites is 1. The van der Waals surface area contributed by atoms with Crippen LogP contribution in [0.25, 0.3) is 22.3 Å². The van der Waals surface area contributed by atoms with Crippen molar-refractivity contribution in [2.24, 2.45) is 5.16 Å². The maximum absolute atomic E-state index is 13.3. The molecule has 0 saturated carbocycles. The quantitative estimate of drug-likeness (QED) is 0.318. The molecule has 3 aromatic rings. The number of pyridine rings is 2. The Balaban J connectivity index is 1.83. The maximum Gasteiger partial charge on any atom is 0.343 e. The Morgan fingerprint density at radius 3 is 2.90 bits per heavy atom. The Labute approximate surface area is 171 Å². The third-order valence-corrected chi connectivity index (χ3v) is 5.93. The van der Waals surface area contributed by atoms with E-state index in [1.54, 1.807) is 23.8 Å². The number of carbonyl (C=O) groups is 1. The fourth-order valence-corrected chi connectivity index (χ4v) is 4.31. The van der Waals surface area contributed by atoms with Gasteiger partial charge >= 0.3 is 5.97 Å². The smallest absolute Gasteiger partial charge is 0.343 e. The summed E-state index contributed by atoms with van der Waals surface area (Å²) in [5.41, 5.74) is 2.05. The van der Waals surface area contributed by atoms with Gasteiger partial charge in [0.25, 0.3) is 5.56 Å². The van der Waals surface area contributed by atoms with Crippen molar-refractivity contribution in [3.63, 3.8) is 0 Å². The highest BCUT2D eigenvalue weighted by Gasteiger charge is 2.45. The zero-order chi connectivity index (χ0) is 21.0. The van der Waals surface area contributed by atoms with E-state index in [9.17, 15) is 14.7 Å². The molecule has 0 bridgehead atoms. The standard InChI is InChI=1S/C22H19N3O5/c1-3-22(28)16-8-18-19-14(10-25(18)20(26)15(16)11-30-21(22)27)13(9-23-29-2)12-6-4-5-7-17(12)24-19/h4-9,28H,3,10-11H2,1-2H3/t22-/m0/s1. The predicted molar refractivity (Wildman–Crippen MR) is 109 cm³/mol. The lowest BCUT2D eigenvalue weighted by Gasteiger charge is -2.31. The molecule has 0 spiro atoms. The van der Waals surface area contributed by atoms with Gasteiger partial charge in [-0.05, 0) is 18.6 Å². The number of nitrogens with zero attached hydrogens (tertiary/aromatic N) is 3. The number of esters is 1. The third kappa shape index (κ3) is 2.37. The van der Waals surface area contributed by atoms with E-state index in [-0.39, 0.29) is 18.6 Å². The van der Waals surface area contributed by atoms with Crippen molar-refractivity contribution < 1.29 is 19.5 Å². The van der Waals surface area contributed by atoms with Gasteiger partial charge in [-0.25, -0.2) is 9.78 Å². The zero-order valence-electron chi connectivity index (χ0n) is 16.5. The minimum Gasteiger partial charge on any atom is -0.458 e. The van der Waals surface area contributed by atoms with E-state index in [0.717, 1.165) is 22.0 Å². The molecular formula is C22H19N3O5. The molecule has 152 valence electrons. The zero-order valence-corrected chi connectivity index (χ0v) is 16.5. The molecule has 1 atom stereocenters. The van der Waals surface area contributed by atoms with E-state index in [1.807, 2.05) is 24.3 Å². The monoisotopic (exact) mass is 405 g/mol. The molecule has 0 aliphatic carbocycles. The number of fused-ring (bicyclic) bond motifs is 5. The van der Waals surface area contributed by atoms with Gasteiger partial charge in [0.15, 0.2) is 5.60 Å². The van der Waals surface area contributed by atoms with Gasteiger partial charge in [-0.3, -0.25) is 4.79 Å². The second kappa shape index (κ2) is 6.50. The Morgan fingerprint density at radius 2 is 2.13 bits per heavy atom. The number of aromatic nitrogens is 2. The summed E-state index contributed by atoms with van der Waals surface area (Å²) in [4.78, 5) is 35.2. The molecule has 1 N–H and O–H groups in total. The van der Waals surface area contributed by atoms with Crippen LogP contribution < -0.4 is 5.56 Å². The summed E-state index contributed by atoms with van der Waals surface area (Å²) < 4.78 is 6.72. The van der Waals surface area contributed by atoms with E-state index in [0.29, 0.717) is 29.1 Å². The van der Waals surface area contributed by atoms with Crippen molar-refractivity contribution in [2.45, 2.75) is 32.1 Å². The second-order valence-electron chi connectivity index (χ2n) is 7.39. The fourth-order valence-electron chi connectivity index (χ4n) is 4.31. The summed E-state index contributed by atoms with van der Waals surface area (Å²) in [7, 11) is 1.47. The first kappa shape index (κ1) is 18.5. The van der Waals surface area contributed by atoms with Crippen LogP contribution in [0.4, 0.5) is 0 Å². The Morgan fingerprint density at radius 1 is 1.33 bits per heavy atom. The topological polar surface area (TPSA) is 103 Å². The molecule has 8 heteroatoms. The largest absolute Gasteiger partial charge is 0.458 e. The van der Waals surface area contributed by atoms with Crippen LogP contribution in [0.3, 0.4) is 0 Å². The maximum atomic E-state index is 13.3. The normalized spacial score (nSPS) is 19.5. The lowest BCUT2D eigenvalue weighted by atomic mass is 9.86. The number of cyclic esters (lactones) is 1. The van der Waals surface area contributed by atoms with Crippen LogP contribution in [-0.4, -0.2) is 34.0 Å². The van der Waals surface area contributed by atoms with Gasteiger partial charge in [0.05, 0.1) is 35.2 Å². The number of rotatable bonds is 3. The Hall–Kier alpha value is -3.52. The first-order valence-corrected chi connectivity index (χ1v) is 9.65. The summed E-state index contributed by atoms with van der Waals surface area (Å²) in [5.74, 6) is -0.737. The SMILES string of the molecule is CC[C@@]1(O)C(=O)OCc2c1cc1n(c2=O)Cc2c-1nc1ccccc1c2C=NOC. The minimum absolute atomic E-state index is 0.103. The molecule has 8 nitrogen and oxygen atoms in total. The van der Waals surface area contributed by atoms with Crippen LogP contribution >= 0.6 is 0 Å². The van der Waals surface area contributed by atoms with E-state index in [1.165, 1.54) is 7.11 Å². The van der Waals surface area contributed by atoms with E-state index in [4.69, 9.17) is 14.6 Å². The summed E-state index contributed by atoms with van der Waals surface area (Å²) in [6.07, 6.45) is 1.72. The molecule has 2 aliphatic rings. The van der Waals surface area contributed by atoms with Crippen LogP contribution in [-0.2, 0) is 33.1 Å². The van der Waals surface area contributed by atoms with Gasteiger partial charge in [0.1, 0.15) is 13.7 Å². The fraction of sp³-hybridized carbons (Fsp3) is 0.273. The number of ether oxygens (including phenoxy) is 1. The summed E-state index contributed by atoms with van der Waals surface area (Å²) >= 11 is 0. The first-order chi connectivity index (χ1) is 14.5. The third-order valence-electron chi connectivity index (χ3n) is 5.93. The van der Waals surface area contributed by atoms with Crippen molar-refractivity contribution in [1.82, 2.24) is 9.55 Å². The molecular weight excluding hydrogens is 386 g/mol. The lowest BCUT2D eigenvalue weighted by molar-refractivity contribution is -0.172. The number of hydrogen-bond donors (Lipinski definition) is 1. The molecule has 4 heterocycles. The molecule has 5 rings (SSSR count). The molecule has 0 unspecified atom stereocenters. The number of carbonyl (C=O) groups excluding carboxylic acids is 1. The lowest BCUT2D eigenvalue weighted by Crippen LogP contribution is -2.44. The Kier molecular flexibility index (Phi) is 4.01. The molecule has 0 fully saturated rings. The minimum atomic E-state index is -1.84. The average molecular weight is 405 g/mol. The first-order valence-electron chi connectivity index (χ1n) is 9.65. The van der Waals surface area contributed by atoms with Crippen LogP contribution in [0.1, 0.15) is 35.6 Å². The van der Waals surface area contributed by atoms with Crippen molar-refractivity contribution in [3.05, 3.63) is 62.9 Å². The van der Waals surface area contributed by atoms with Crippen molar-refractivity contribution in [3.8, 4) is 11.4 Å². The molecule has 0 radical (unpaired) electrons. The van der Waals surface area contributed by atoms with Crippen molar-refractivity contribution in [1.29, 1.82) is 0 Å². The number of oxime groups is 1. The van der Waals surface area contributed by atoms with Crippen LogP contribution in [0.5, 0.6) is 0 Å². The molecule has 0 amide bonds. The average Bonchev–Trinajstić information content (AvgIpc) is 3.13. The van der Waals surface area contributed by atoms with Crippen LogP contribution in [0, 0.1) is 0 Å². The second-order valence-corrected chi connectivity index (χ2v) is 7.39. The summed E-state index contributed by atoms with van der Waals surface area (Å²) in [6, 6.07) is 9.33. The molecule has 2 aromatic heterocycles. The molecule has 0 saturated heterocycles. The van der Waals surface area contributed by atoms with E-state index < -0.39 is 11.6 Å². The van der Waals surface area contributed by atoms with Gasteiger partial charge in [0.2, 0.25) is 0 Å². The van der Waals surface area contributed by atoms with Crippen LogP contribution in [0.15, 0.2) is 40.3 Å². The van der Waals surface area contributed by atoms with Gasteiger partial charge in [-0.2, -0.15) is 0 Å². The molecule has 2 aliphatic heterocycles. The van der Waals surface area contributed by atoms with Crippen molar-refractivity contribution >= 4 is 23.1 Å². The summed E-state index contributed by atoms with van der Waals surface area (Å²) in [5, 5.41) is 15.8. The highest BCUT2D eigenvalue weighted by atomic mass is 16.6. The van der Waals surface area contributed by atoms with Gasteiger partial charge in [0, 0.05) is 22.1 Å². The number of benzene rings is 1. The molecule has 30 heavy (non-hydrogen) atoms. The number of aliphatic hydroxyl groups is 1.